The van der Waals surface area contributed by atoms with E-state index in [1.54, 1.807) is 19.1 Å². The zero-order valence-electron chi connectivity index (χ0n) is 11.2. The van der Waals surface area contributed by atoms with Crippen molar-refractivity contribution in [1.82, 2.24) is 4.31 Å². The highest BCUT2D eigenvalue weighted by Crippen LogP contribution is 2.30. The molecular weight excluding hydrogens is 346 g/mol. The number of sulfonamides is 1. The molecular formula is C13H16BrNO4S. The minimum absolute atomic E-state index is 0.0357. The Kier molecular flexibility index (Phi) is 4.22. The molecule has 1 aliphatic heterocycles. The fourth-order valence-corrected chi connectivity index (χ4v) is 4.27. The minimum Gasteiger partial charge on any atom is -0.481 e. The Morgan fingerprint density at radius 2 is 2.05 bits per heavy atom. The van der Waals surface area contributed by atoms with Crippen molar-refractivity contribution in [2.24, 2.45) is 11.8 Å². The van der Waals surface area contributed by atoms with E-state index in [1.807, 2.05) is 6.92 Å². The van der Waals surface area contributed by atoms with Crippen molar-refractivity contribution < 1.29 is 18.3 Å². The molecule has 7 heteroatoms. The number of halogens is 1. The molecule has 0 bridgehead atoms. The summed E-state index contributed by atoms with van der Waals surface area (Å²) in [5.41, 5.74) is 0.827. The standard InChI is InChI=1S/C13H16BrNO4S/c1-8-5-10(3-4-12(8)14)20(18,19)15-6-9(2)11(7-15)13(16)17/h3-5,9,11H,6-7H2,1-2H3,(H,16,17). The Balaban J connectivity index is 2.32. The van der Waals surface area contributed by atoms with Crippen molar-refractivity contribution in [3.63, 3.8) is 0 Å². The van der Waals surface area contributed by atoms with Crippen LogP contribution in [-0.4, -0.2) is 36.9 Å². The smallest absolute Gasteiger partial charge is 0.308 e. The van der Waals surface area contributed by atoms with Crippen molar-refractivity contribution in [3.05, 3.63) is 28.2 Å². The van der Waals surface area contributed by atoms with Crippen molar-refractivity contribution in [1.29, 1.82) is 0 Å². The van der Waals surface area contributed by atoms with Crippen molar-refractivity contribution in [2.45, 2.75) is 18.7 Å². The Bertz CT molecular complexity index is 644. The topological polar surface area (TPSA) is 74.7 Å². The second-order valence-electron chi connectivity index (χ2n) is 5.16. The summed E-state index contributed by atoms with van der Waals surface area (Å²) in [6.45, 7) is 3.86. The molecule has 2 rings (SSSR count). The van der Waals surface area contributed by atoms with Crippen molar-refractivity contribution in [2.75, 3.05) is 13.1 Å². The monoisotopic (exact) mass is 361 g/mol. The molecule has 110 valence electrons. The first kappa shape index (κ1) is 15.5. The van der Waals surface area contributed by atoms with Crippen molar-refractivity contribution >= 4 is 31.9 Å². The SMILES string of the molecule is Cc1cc(S(=O)(=O)N2CC(C)C(C(=O)O)C2)ccc1Br. The predicted molar refractivity (Wildman–Crippen MR) is 77.9 cm³/mol. The highest BCUT2D eigenvalue weighted by molar-refractivity contribution is 9.10. The fraction of sp³-hybridized carbons (Fsp3) is 0.462. The van der Waals surface area contributed by atoms with Gasteiger partial charge in [0.15, 0.2) is 0 Å². The third-order valence-corrected chi connectivity index (χ3v) is 6.38. The van der Waals surface area contributed by atoms with Crippen LogP contribution in [0, 0.1) is 18.8 Å². The molecule has 0 aliphatic carbocycles. The molecule has 0 radical (unpaired) electrons. The highest BCUT2D eigenvalue weighted by atomic mass is 79.9. The molecule has 0 spiro atoms. The molecule has 1 fully saturated rings. The van der Waals surface area contributed by atoms with Crippen LogP contribution in [0.2, 0.25) is 0 Å². The third-order valence-electron chi connectivity index (χ3n) is 3.66. The van der Waals surface area contributed by atoms with Gasteiger partial charge in [-0.15, -0.1) is 0 Å². The van der Waals surface area contributed by atoms with Gasteiger partial charge in [0.2, 0.25) is 10.0 Å². The molecule has 2 unspecified atom stereocenters. The summed E-state index contributed by atoms with van der Waals surface area (Å²) in [5, 5.41) is 9.09. The lowest BCUT2D eigenvalue weighted by Gasteiger charge is -2.16. The van der Waals surface area contributed by atoms with E-state index in [1.165, 1.54) is 10.4 Å². The fourth-order valence-electron chi connectivity index (χ4n) is 2.37. The maximum absolute atomic E-state index is 12.5. The van der Waals surface area contributed by atoms with Gasteiger partial charge in [-0.05, 0) is 36.6 Å². The summed E-state index contributed by atoms with van der Waals surface area (Å²) in [4.78, 5) is 11.3. The van der Waals surface area contributed by atoms with E-state index in [9.17, 15) is 13.2 Å². The van der Waals surface area contributed by atoms with Crippen LogP contribution in [0.1, 0.15) is 12.5 Å². The van der Waals surface area contributed by atoms with Crippen LogP contribution >= 0.6 is 15.9 Å². The number of aryl methyl sites for hydroxylation is 1. The van der Waals surface area contributed by atoms with Crippen LogP contribution in [0.4, 0.5) is 0 Å². The van der Waals surface area contributed by atoms with Gasteiger partial charge >= 0.3 is 5.97 Å². The van der Waals surface area contributed by atoms with Gasteiger partial charge in [0.1, 0.15) is 0 Å². The molecule has 0 saturated carbocycles. The molecule has 1 N–H and O–H groups in total. The Hall–Kier alpha value is -0.920. The zero-order valence-corrected chi connectivity index (χ0v) is 13.6. The molecule has 5 nitrogen and oxygen atoms in total. The Morgan fingerprint density at radius 3 is 2.55 bits per heavy atom. The largest absolute Gasteiger partial charge is 0.481 e. The Morgan fingerprint density at radius 1 is 1.40 bits per heavy atom. The first-order chi connectivity index (χ1) is 9.23. The van der Waals surface area contributed by atoms with E-state index in [0.717, 1.165) is 10.0 Å². The van der Waals surface area contributed by atoms with Crippen LogP contribution < -0.4 is 0 Å². The quantitative estimate of drug-likeness (QED) is 0.894. The average Bonchev–Trinajstić information content (AvgIpc) is 2.75. The van der Waals surface area contributed by atoms with Gasteiger partial charge in [0.25, 0.3) is 0 Å². The summed E-state index contributed by atoms with van der Waals surface area (Å²) in [6, 6.07) is 4.82. The summed E-state index contributed by atoms with van der Waals surface area (Å²) in [7, 11) is -3.63. The van der Waals surface area contributed by atoms with Gasteiger partial charge in [-0.2, -0.15) is 4.31 Å². The number of carbonyl (C=O) groups is 1. The number of rotatable bonds is 3. The van der Waals surface area contributed by atoms with E-state index in [0.29, 0.717) is 0 Å². The maximum atomic E-state index is 12.5. The molecule has 1 aromatic rings. The maximum Gasteiger partial charge on any atom is 0.308 e. The predicted octanol–water partition coefficient (Wildman–Crippen LogP) is 2.10. The van der Waals surface area contributed by atoms with Gasteiger partial charge in [-0.1, -0.05) is 22.9 Å². The molecule has 0 aromatic heterocycles. The van der Waals surface area contributed by atoms with E-state index in [4.69, 9.17) is 5.11 Å². The van der Waals surface area contributed by atoms with E-state index in [2.05, 4.69) is 15.9 Å². The number of hydrogen-bond acceptors (Lipinski definition) is 3. The first-order valence-electron chi connectivity index (χ1n) is 6.22. The minimum atomic E-state index is -3.63. The Labute approximate surface area is 126 Å². The normalized spacial score (nSPS) is 23.9. The second-order valence-corrected chi connectivity index (χ2v) is 7.95. The number of carboxylic acid groups (broad SMARTS) is 1. The number of hydrogen-bond donors (Lipinski definition) is 1. The van der Waals surface area contributed by atoms with E-state index < -0.39 is 21.9 Å². The van der Waals surface area contributed by atoms with Crippen molar-refractivity contribution in [3.8, 4) is 0 Å². The average molecular weight is 362 g/mol. The lowest BCUT2D eigenvalue weighted by molar-refractivity contribution is -0.142. The molecule has 20 heavy (non-hydrogen) atoms. The summed E-state index contributed by atoms with van der Waals surface area (Å²) >= 11 is 3.33. The van der Waals surface area contributed by atoms with E-state index >= 15 is 0 Å². The zero-order chi connectivity index (χ0) is 15.1. The van der Waals surface area contributed by atoms with Crippen LogP contribution in [-0.2, 0) is 14.8 Å². The summed E-state index contributed by atoms with van der Waals surface area (Å²) < 4.78 is 27.2. The second kappa shape index (κ2) is 5.46. The van der Waals surface area contributed by atoms with Gasteiger partial charge in [-0.25, -0.2) is 8.42 Å². The number of aliphatic carboxylic acids is 1. The molecule has 1 heterocycles. The first-order valence-corrected chi connectivity index (χ1v) is 8.46. The molecule has 0 amide bonds. The van der Waals surface area contributed by atoms with Crippen LogP contribution in [0.15, 0.2) is 27.6 Å². The molecule has 1 aliphatic rings. The third kappa shape index (κ3) is 2.75. The lowest BCUT2D eigenvalue weighted by Crippen LogP contribution is -2.30. The number of carboxylic acids is 1. The molecule has 1 saturated heterocycles. The highest BCUT2D eigenvalue weighted by Gasteiger charge is 2.40. The number of nitrogens with zero attached hydrogens (tertiary/aromatic N) is 1. The summed E-state index contributed by atoms with van der Waals surface area (Å²) in [6.07, 6.45) is 0. The number of benzene rings is 1. The van der Waals surface area contributed by atoms with Crippen LogP contribution in [0.5, 0.6) is 0 Å². The van der Waals surface area contributed by atoms with Gasteiger partial charge in [0, 0.05) is 17.6 Å². The lowest BCUT2D eigenvalue weighted by atomic mass is 9.99. The summed E-state index contributed by atoms with van der Waals surface area (Å²) in [5.74, 6) is -1.76. The van der Waals surface area contributed by atoms with Crippen LogP contribution in [0.25, 0.3) is 0 Å². The van der Waals surface area contributed by atoms with Gasteiger partial charge in [0.05, 0.1) is 10.8 Å². The molecule has 1 aromatic carbocycles. The van der Waals surface area contributed by atoms with Crippen LogP contribution in [0.3, 0.4) is 0 Å². The van der Waals surface area contributed by atoms with Gasteiger partial charge < -0.3 is 5.11 Å². The van der Waals surface area contributed by atoms with Gasteiger partial charge in [-0.3, -0.25) is 4.79 Å². The molecule has 2 atom stereocenters. The van der Waals surface area contributed by atoms with E-state index in [-0.39, 0.29) is 23.9 Å².